The van der Waals surface area contributed by atoms with E-state index in [2.05, 4.69) is 41.6 Å². The van der Waals surface area contributed by atoms with Gasteiger partial charge < -0.3 is 20.1 Å². The van der Waals surface area contributed by atoms with Gasteiger partial charge in [0, 0.05) is 31.0 Å². The lowest BCUT2D eigenvalue weighted by Crippen LogP contribution is -2.72. The second kappa shape index (κ2) is 8.55. The molecule has 4 rings (SSSR count). The third kappa shape index (κ3) is 3.92. The quantitative estimate of drug-likeness (QED) is 0.381. The second-order valence-corrected chi connectivity index (χ2v) is 8.15. The fourth-order valence-electron chi connectivity index (χ4n) is 5.00. The highest BCUT2D eigenvalue weighted by Gasteiger charge is 2.66. The normalized spacial score (nSPS) is 29.0. The number of guanidine groups is 1. The number of rotatable bonds is 5. The minimum Gasteiger partial charge on any atom is -0.489 e. The molecule has 0 amide bonds. The maximum atomic E-state index is 6.01. The van der Waals surface area contributed by atoms with Gasteiger partial charge in [0.05, 0.1) is 12.6 Å². The molecule has 1 spiro atoms. The predicted octanol–water partition coefficient (Wildman–Crippen LogP) is 3.50. The molecule has 6 heteroatoms. The molecule has 5 nitrogen and oxygen atoms in total. The van der Waals surface area contributed by atoms with Gasteiger partial charge >= 0.3 is 0 Å². The van der Waals surface area contributed by atoms with E-state index in [-0.39, 0.29) is 30.1 Å². The summed E-state index contributed by atoms with van der Waals surface area (Å²) in [5.74, 6) is 2.45. The van der Waals surface area contributed by atoms with Crippen LogP contribution in [-0.4, -0.2) is 44.4 Å². The van der Waals surface area contributed by atoms with Crippen LogP contribution in [0.25, 0.3) is 0 Å². The van der Waals surface area contributed by atoms with E-state index in [1.54, 1.807) is 0 Å². The molecule has 1 aromatic carbocycles. The first kappa shape index (κ1) is 20.7. The fraction of sp³-hybridized carbons (Fsp3) is 0.667. The van der Waals surface area contributed by atoms with Gasteiger partial charge in [-0.3, -0.25) is 4.99 Å². The van der Waals surface area contributed by atoms with E-state index in [1.807, 2.05) is 19.2 Å². The molecular formula is C21H32IN3O2. The third-order valence-corrected chi connectivity index (χ3v) is 6.44. The summed E-state index contributed by atoms with van der Waals surface area (Å²) in [6.07, 6.45) is 5.63. The molecule has 150 valence electrons. The number of aryl methyl sites for hydroxylation is 1. The molecule has 2 aliphatic carbocycles. The zero-order chi connectivity index (χ0) is 18.1. The van der Waals surface area contributed by atoms with E-state index in [4.69, 9.17) is 9.47 Å². The summed E-state index contributed by atoms with van der Waals surface area (Å²) in [7, 11) is 1.84. The molecule has 3 aliphatic rings. The first-order valence-electron chi connectivity index (χ1n) is 9.94. The van der Waals surface area contributed by atoms with Gasteiger partial charge in [0.25, 0.3) is 0 Å². The van der Waals surface area contributed by atoms with Crippen molar-refractivity contribution in [2.75, 3.05) is 20.2 Å². The number of hydrogen-bond acceptors (Lipinski definition) is 3. The molecular weight excluding hydrogens is 453 g/mol. The monoisotopic (exact) mass is 485 g/mol. The van der Waals surface area contributed by atoms with Crippen LogP contribution in [0.1, 0.15) is 38.2 Å². The number of aliphatic imine (C=N–C) groups is 1. The lowest BCUT2D eigenvalue weighted by atomic mass is 9.46. The van der Waals surface area contributed by atoms with Crippen LogP contribution >= 0.6 is 24.0 Å². The van der Waals surface area contributed by atoms with Crippen molar-refractivity contribution in [1.29, 1.82) is 0 Å². The Hall–Kier alpha value is -1.02. The third-order valence-electron chi connectivity index (χ3n) is 6.44. The molecule has 3 fully saturated rings. The Morgan fingerprint density at radius 2 is 2.22 bits per heavy atom. The van der Waals surface area contributed by atoms with Crippen LogP contribution in [0.15, 0.2) is 29.3 Å². The van der Waals surface area contributed by atoms with Crippen molar-refractivity contribution in [3.8, 4) is 5.75 Å². The van der Waals surface area contributed by atoms with Crippen molar-refractivity contribution in [3.63, 3.8) is 0 Å². The number of ether oxygens (including phenoxy) is 2. The number of benzene rings is 1. The second-order valence-electron chi connectivity index (χ2n) is 8.15. The highest BCUT2D eigenvalue weighted by atomic mass is 127. The molecule has 2 saturated carbocycles. The van der Waals surface area contributed by atoms with Crippen molar-refractivity contribution in [2.24, 2.45) is 16.3 Å². The molecule has 0 bridgehead atoms. The van der Waals surface area contributed by atoms with Gasteiger partial charge in [0.2, 0.25) is 0 Å². The lowest BCUT2D eigenvalue weighted by molar-refractivity contribution is -0.171. The minimum atomic E-state index is 0. The predicted molar refractivity (Wildman–Crippen MR) is 119 cm³/mol. The van der Waals surface area contributed by atoms with Crippen LogP contribution in [0.5, 0.6) is 5.75 Å². The number of nitrogens with one attached hydrogen (secondary N) is 2. The number of hydrogen-bond donors (Lipinski definition) is 2. The van der Waals surface area contributed by atoms with Crippen molar-refractivity contribution < 1.29 is 9.47 Å². The van der Waals surface area contributed by atoms with Gasteiger partial charge in [0.1, 0.15) is 11.9 Å². The number of nitrogens with zero attached hydrogens (tertiary/aromatic N) is 1. The minimum absolute atomic E-state index is 0. The molecule has 4 unspecified atom stereocenters. The number of fused-ring (bicyclic) bond motifs is 2. The van der Waals surface area contributed by atoms with Gasteiger partial charge in [-0.25, -0.2) is 0 Å². The standard InChI is InChI=1S/C21H31N3O2.HI/c1-14-6-4-7-16(12-14)26-15(2)13-23-20(22-3)24-18-17-8-11-25-19(17)21(18)9-5-10-21;/h4,6-7,12,15,17-19H,5,8-11,13H2,1-3H3,(H2,22,23,24);1H. The average molecular weight is 485 g/mol. The van der Waals surface area contributed by atoms with Gasteiger partial charge in [-0.05, 0) is 50.8 Å². The maximum Gasteiger partial charge on any atom is 0.191 e. The fourth-order valence-corrected chi connectivity index (χ4v) is 5.00. The first-order valence-corrected chi connectivity index (χ1v) is 9.94. The highest BCUT2D eigenvalue weighted by Crippen LogP contribution is 2.62. The van der Waals surface area contributed by atoms with Crippen LogP contribution < -0.4 is 15.4 Å². The van der Waals surface area contributed by atoms with Crippen LogP contribution in [0.4, 0.5) is 0 Å². The Morgan fingerprint density at radius 3 is 2.89 bits per heavy atom. The maximum absolute atomic E-state index is 6.01. The van der Waals surface area contributed by atoms with Gasteiger partial charge in [0.15, 0.2) is 5.96 Å². The van der Waals surface area contributed by atoms with E-state index in [1.165, 1.54) is 31.2 Å². The molecule has 1 saturated heterocycles. The summed E-state index contributed by atoms with van der Waals surface area (Å²) < 4.78 is 12.0. The topological polar surface area (TPSA) is 54.9 Å². The SMILES string of the molecule is CN=C(NCC(C)Oc1cccc(C)c1)NC1C2CCOC2C12CCC2.I. The van der Waals surface area contributed by atoms with Crippen molar-refractivity contribution in [1.82, 2.24) is 10.6 Å². The van der Waals surface area contributed by atoms with E-state index in [0.717, 1.165) is 24.9 Å². The summed E-state index contributed by atoms with van der Waals surface area (Å²) in [4.78, 5) is 4.44. The zero-order valence-corrected chi connectivity index (χ0v) is 18.9. The summed E-state index contributed by atoms with van der Waals surface area (Å²) >= 11 is 0. The Balaban J connectivity index is 0.00000210. The molecule has 0 aromatic heterocycles. The summed E-state index contributed by atoms with van der Waals surface area (Å²) in [5, 5.41) is 7.14. The van der Waals surface area contributed by atoms with Crippen LogP contribution in [0.2, 0.25) is 0 Å². The Bertz CT molecular complexity index is 677. The smallest absolute Gasteiger partial charge is 0.191 e. The zero-order valence-electron chi connectivity index (χ0n) is 16.5. The highest BCUT2D eigenvalue weighted by molar-refractivity contribution is 14.0. The molecule has 1 aromatic rings. The molecule has 1 aliphatic heterocycles. The summed E-state index contributed by atoms with van der Waals surface area (Å²) in [6, 6.07) is 8.68. The Kier molecular flexibility index (Phi) is 6.56. The van der Waals surface area contributed by atoms with Crippen molar-refractivity contribution in [2.45, 2.75) is 57.8 Å². The summed E-state index contributed by atoms with van der Waals surface area (Å²) in [6.45, 7) is 5.80. The largest absolute Gasteiger partial charge is 0.489 e. The lowest BCUT2D eigenvalue weighted by Gasteiger charge is -2.63. The first-order chi connectivity index (χ1) is 12.6. The Labute approximate surface area is 179 Å². The number of halogens is 1. The summed E-state index contributed by atoms with van der Waals surface area (Å²) in [5.41, 5.74) is 1.58. The molecule has 27 heavy (non-hydrogen) atoms. The van der Waals surface area contributed by atoms with Crippen molar-refractivity contribution >= 4 is 29.9 Å². The van der Waals surface area contributed by atoms with E-state index < -0.39 is 0 Å². The van der Waals surface area contributed by atoms with E-state index >= 15 is 0 Å². The van der Waals surface area contributed by atoms with Gasteiger partial charge in [-0.2, -0.15) is 0 Å². The van der Waals surface area contributed by atoms with E-state index in [0.29, 0.717) is 23.5 Å². The van der Waals surface area contributed by atoms with Crippen LogP contribution in [-0.2, 0) is 4.74 Å². The Morgan fingerprint density at radius 1 is 1.41 bits per heavy atom. The van der Waals surface area contributed by atoms with E-state index in [9.17, 15) is 0 Å². The van der Waals surface area contributed by atoms with Crippen LogP contribution in [0, 0.1) is 18.3 Å². The average Bonchev–Trinajstić information content (AvgIpc) is 2.99. The van der Waals surface area contributed by atoms with Crippen molar-refractivity contribution in [3.05, 3.63) is 29.8 Å². The van der Waals surface area contributed by atoms with Gasteiger partial charge in [-0.1, -0.05) is 18.6 Å². The van der Waals surface area contributed by atoms with Gasteiger partial charge in [-0.15, -0.1) is 24.0 Å². The molecule has 0 radical (unpaired) electrons. The van der Waals surface area contributed by atoms with Crippen LogP contribution in [0.3, 0.4) is 0 Å². The molecule has 2 N–H and O–H groups in total. The molecule has 1 heterocycles. The molecule has 4 atom stereocenters.